The van der Waals surface area contributed by atoms with Crippen LogP contribution in [0.15, 0.2) is 30.2 Å². The van der Waals surface area contributed by atoms with E-state index >= 15 is 0 Å². The molecule has 2 heterocycles. The summed E-state index contributed by atoms with van der Waals surface area (Å²) in [5.74, 6) is -0.149. The minimum atomic E-state index is -0.573. The molecule has 6 nitrogen and oxygen atoms in total. The van der Waals surface area contributed by atoms with Crippen LogP contribution in [0.4, 0.5) is 10.5 Å². The predicted molar refractivity (Wildman–Crippen MR) is 150 cm³/mol. The fourth-order valence-corrected chi connectivity index (χ4v) is 5.03. The van der Waals surface area contributed by atoms with Gasteiger partial charge in [-0.3, -0.25) is 14.3 Å². The van der Waals surface area contributed by atoms with Gasteiger partial charge in [0.15, 0.2) is 0 Å². The maximum Gasteiger partial charge on any atom is 0.414 e. The monoisotopic (exact) mass is 517 g/mol. The first kappa shape index (κ1) is 30.1. The van der Waals surface area contributed by atoms with Gasteiger partial charge in [0.2, 0.25) is 0 Å². The van der Waals surface area contributed by atoms with E-state index in [1.807, 2.05) is 26.2 Å². The Morgan fingerprint density at radius 2 is 1.47 bits per heavy atom. The second-order valence-corrected chi connectivity index (χ2v) is 11.6. The normalized spacial score (nSPS) is 11.6. The molecular weight excluding hydrogens is 470 g/mol. The Kier molecular flexibility index (Phi) is 13.8. The number of carbonyl (C=O) groups is 2. The first-order valence-corrected chi connectivity index (χ1v) is 14.8. The van der Waals surface area contributed by atoms with Crippen LogP contribution in [0, 0.1) is 0 Å². The Labute approximate surface area is 222 Å². The minimum Gasteiger partial charge on any atom is -0.443 e. The number of anilines is 1. The molecule has 0 aliphatic carbocycles. The molecule has 0 radical (unpaired) electrons. The molecule has 2 aromatic rings. The highest BCUT2D eigenvalue weighted by molar-refractivity contribution is 7.12. The number of hydrogen-bond acceptors (Lipinski definition) is 5. The van der Waals surface area contributed by atoms with Crippen LogP contribution in [0.2, 0.25) is 0 Å². The molecule has 0 aliphatic heterocycles. The van der Waals surface area contributed by atoms with Crippen molar-refractivity contribution in [1.29, 1.82) is 0 Å². The third-order valence-corrected chi connectivity index (χ3v) is 7.10. The van der Waals surface area contributed by atoms with Crippen LogP contribution in [0.3, 0.4) is 0 Å². The maximum absolute atomic E-state index is 12.9. The number of hydrogen-bond donors (Lipinski definition) is 0. The first-order valence-electron chi connectivity index (χ1n) is 13.9. The van der Waals surface area contributed by atoms with E-state index in [2.05, 4.69) is 11.9 Å². The Morgan fingerprint density at radius 1 is 0.917 bits per heavy atom. The summed E-state index contributed by atoms with van der Waals surface area (Å²) in [6.07, 6.45) is 22.4. The number of carbonyl (C=O) groups excluding carboxylic acids is 2. The van der Waals surface area contributed by atoms with Crippen molar-refractivity contribution < 1.29 is 14.3 Å². The molecule has 0 bridgehead atoms. The van der Waals surface area contributed by atoms with E-state index in [4.69, 9.17) is 4.74 Å². The molecule has 36 heavy (non-hydrogen) atoms. The summed E-state index contributed by atoms with van der Waals surface area (Å²) in [6.45, 7) is 8.47. The number of unbranched alkanes of at least 4 members (excludes halogenated alkanes) is 13. The lowest BCUT2D eigenvalue weighted by Crippen LogP contribution is -2.37. The van der Waals surface area contributed by atoms with E-state index in [1.165, 1.54) is 99.3 Å². The van der Waals surface area contributed by atoms with Crippen molar-refractivity contribution >= 4 is 29.0 Å². The van der Waals surface area contributed by atoms with Crippen LogP contribution in [0.1, 0.15) is 127 Å². The van der Waals surface area contributed by atoms with Gasteiger partial charge in [-0.1, -0.05) is 90.4 Å². The van der Waals surface area contributed by atoms with E-state index < -0.39 is 5.60 Å². The van der Waals surface area contributed by atoms with Crippen LogP contribution in [0.5, 0.6) is 0 Å². The number of aromatic nitrogens is 2. The van der Waals surface area contributed by atoms with Crippen LogP contribution >= 0.6 is 11.3 Å². The third kappa shape index (κ3) is 11.7. The highest BCUT2D eigenvalue weighted by atomic mass is 32.1. The smallest absolute Gasteiger partial charge is 0.414 e. The molecular formula is C29H47N3O3S. The molecule has 202 valence electrons. The van der Waals surface area contributed by atoms with Gasteiger partial charge >= 0.3 is 6.09 Å². The zero-order valence-electron chi connectivity index (χ0n) is 23.0. The number of amides is 1. The lowest BCUT2D eigenvalue weighted by atomic mass is 10.0. The molecule has 0 saturated heterocycles. The highest BCUT2D eigenvalue weighted by Gasteiger charge is 2.25. The summed E-state index contributed by atoms with van der Waals surface area (Å²) in [4.78, 5) is 31.8. The van der Waals surface area contributed by atoms with Gasteiger partial charge in [-0.15, -0.1) is 11.3 Å². The number of nitrogens with zero attached hydrogens (tertiary/aromatic N) is 3. The highest BCUT2D eigenvalue weighted by Crippen LogP contribution is 2.26. The van der Waals surface area contributed by atoms with E-state index in [9.17, 15) is 9.59 Å². The molecule has 0 aliphatic rings. The molecule has 0 atom stereocenters. The summed E-state index contributed by atoms with van der Waals surface area (Å²) in [7, 11) is 0. The Morgan fingerprint density at radius 3 is 1.97 bits per heavy atom. The number of ether oxygens (including phenoxy) is 1. The van der Waals surface area contributed by atoms with Gasteiger partial charge < -0.3 is 4.74 Å². The van der Waals surface area contributed by atoms with E-state index in [0.717, 1.165) is 12.8 Å². The van der Waals surface area contributed by atoms with Gasteiger partial charge in [-0.05, 0) is 33.3 Å². The van der Waals surface area contributed by atoms with Crippen LogP contribution in [-0.2, 0) is 4.74 Å². The van der Waals surface area contributed by atoms with E-state index in [-0.39, 0.29) is 12.0 Å². The van der Waals surface area contributed by atoms with E-state index in [1.54, 1.807) is 23.4 Å². The Bertz CT molecular complexity index is 871. The van der Waals surface area contributed by atoms with Gasteiger partial charge in [0.05, 0.1) is 10.6 Å². The Hall–Kier alpha value is -2.15. The minimum absolute atomic E-state index is 0.149. The van der Waals surface area contributed by atoms with Gasteiger partial charge in [-0.25, -0.2) is 9.78 Å². The first-order chi connectivity index (χ1) is 17.3. The van der Waals surface area contributed by atoms with Crippen molar-refractivity contribution in [3.63, 3.8) is 0 Å². The van der Waals surface area contributed by atoms with Crippen LogP contribution in [0.25, 0.3) is 0 Å². The molecule has 2 rings (SSSR count). The molecule has 7 heteroatoms. The van der Waals surface area contributed by atoms with Crippen LogP contribution in [-0.4, -0.2) is 33.7 Å². The van der Waals surface area contributed by atoms with Crippen molar-refractivity contribution in [3.05, 3.63) is 35.0 Å². The van der Waals surface area contributed by atoms with Crippen molar-refractivity contribution in [2.75, 3.05) is 11.4 Å². The fraction of sp³-hybridized carbons (Fsp3) is 0.690. The molecule has 0 fully saturated rings. The Balaban J connectivity index is 1.72. The summed E-state index contributed by atoms with van der Waals surface area (Å²) >= 11 is 1.33. The standard InChI is InChI=1S/C29H47N3O3S/c1-5-6-7-8-9-10-11-12-13-14-15-16-17-18-20-32(28(34)35-29(2,3)4)25-22-26(36-23-25)27(33)31-21-19-30-24-31/h19,21-24H,5-18,20H2,1-4H3. The lowest BCUT2D eigenvalue weighted by Gasteiger charge is -2.26. The molecule has 1 amide bonds. The average molecular weight is 518 g/mol. The third-order valence-electron chi connectivity index (χ3n) is 6.20. The lowest BCUT2D eigenvalue weighted by molar-refractivity contribution is 0.0579. The zero-order valence-corrected chi connectivity index (χ0v) is 23.8. The number of imidazole rings is 1. The van der Waals surface area contributed by atoms with Crippen molar-refractivity contribution in [2.24, 2.45) is 0 Å². The predicted octanol–water partition coefficient (Wildman–Crippen LogP) is 8.86. The molecule has 0 spiro atoms. The summed E-state index contributed by atoms with van der Waals surface area (Å²) in [5.41, 5.74) is 0.142. The molecule has 0 aromatic carbocycles. The molecule has 0 unspecified atom stereocenters. The summed E-state index contributed by atoms with van der Waals surface area (Å²) in [5, 5.41) is 1.86. The second kappa shape index (κ2) is 16.6. The quantitative estimate of drug-likeness (QED) is 0.197. The average Bonchev–Trinajstić information content (AvgIpc) is 3.53. The largest absolute Gasteiger partial charge is 0.443 e. The van der Waals surface area contributed by atoms with Crippen LogP contribution < -0.4 is 4.90 Å². The van der Waals surface area contributed by atoms with Crippen molar-refractivity contribution in [2.45, 2.75) is 123 Å². The van der Waals surface area contributed by atoms with Crippen molar-refractivity contribution in [3.8, 4) is 0 Å². The topological polar surface area (TPSA) is 64.4 Å². The van der Waals surface area contributed by atoms with Gasteiger partial charge in [-0.2, -0.15) is 0 Å². The molecule has 2 aromatic heterocycles. The SMILES string of the molecule is CCCCCCCCCCCCCCCCN(C(=O)OC(C)(C)C)c1csc(C(=O)n2ccnc2)c1. The second-order valence-electron chi connectivity index (χ2n) is 10.7. The van der Waals surface area contributed by atoms with Gasteiger partial charge in [0, 0.05) is 24.3 Å². The van der Waals surface area contributed by atoms with E-state index in [0.29, 0.717) is 17.1 Å². The van der Waals surface area contributed by atoms with Gasteiger partial charge in [0.1, 0.15) is 11.9 Å². The zero-order chi connectivity index (χ0) is 26.2. The summed E-state index contributed by atoms with van der Waals surface area (Å²) < 4.78 is 7.10. The fourth-order valence-electron chi connectivity index (χ4n) is 4.19. The summed E-state index contributed by atoms with van der Waals surface area (Å²) in [6, 6.07) is 1.78. The van der Waals surface area contributed by atoms with Crippen molar-refractivity contribution in [1.82, 2.24) is 9.55 Å². The molecule has 0 N–H and O–H groups in total. The maximum atomic E-state index is 12.9. The molecule has 0 saturated carbocycles. The van der Waals surface area contributed by atoms with Gasteiger partial charge in [0.25, 0.3) is 5.91 Å². The number of rotatable bonds is 17. The number of thiophene rings is 1.